The molecule has 0 saturated heterocycles. The fourth-order valence-electron chi connectivity index (χ4n) is 0. The monoisotopic (exact) mass is 129 g/mol. The van der Waals surface area contributed by atoms with E-state index in [0.29, 0.717) is 0 Å². The Morgan fingerprint density at radius 2 is 1.14 bits per heavy atom. The Morgan fingerprint density at radius 1 is 1.14 bits per heavy atom. The van der Waals surface area contributed by atoms with Crippen LogP contribution < -0.4 is 33.5 Å². The molecule has 0 rings (SSSR count). The molecular formula is AlLiO4P+. The Morgan fingerprint density at radius 3 is 1.14 bits per heavy atom. The van der Waals surface area contributed by atoms with Gasteiger partial charge in [-0.05, 0) is 0 Å². The van der Waals surface area contributed by atoms with Crippen LogP contribution in [0.15, 0.2) is 0 Å². The molecule has 0 aromatic heterocycles. The maximum Gasteiger partial charge on any atom is 3.00 e. The van der Waals surface area contributed by atoms with Crippen LogP contribution in [0.1, 0.15) is 0 Å². The molecule has 0 atom stereocenters. The van der Waals surface area contributed by atoms with Crippen LogP contribution in [-0.2, 0) is 4.57 Å². The Kier molecular flexibility index (Phi) is 12.1. The van der Waals surface area contributed by atoms with Gasteiger partial charge in [0.15, 0.2) is 0 Å². The number of phosphoric acid groups is 1. The van der Waals surface area contributed by atoms with Crippen LogP contribution >= 0.6 is 7.82 Å². The van der Waals surface area contributed by atoms with Crippen LogP contribution in [0.5, 0.6) is 0 Å². The normalized spacial score (nSPS) is 8.43. The molecule has 7 heteroatoms. The van der Waals surface area contributed by atoms with Crippen LogP contribution in [-0.4, -0.2) is 17.4 Å². The molecule has 0 saturated carbocycles. The summed E-state index contributed by atoms with van der Waals surface area (Å²) in [5.41, 5.74) is 0. The molecule has 0 heterocycles. The van der Waals surface area contributed by atoms with Crippen molar-refractivity contribution in [3.63, 3.8) is 0 Å². The molecule has 0 unspecified atom stereocenters. The van der Waals surface area contributed by atoms with E-state index in [-0.39, 0.29) is 36.2 Å². The molecule has 0 aromatic carbocycles. The molecule has 0 aliphatic carbocycles. The van der Waals surface area contributed by atoms with Gasteiger partial charge in [-0.3, -0.25) is 0 Å². The SMILES string of the molecule is O=P([O-])([O-])[O-].[Al+3].[Li+]. The topological polar surface area (TPSA) is 86.2 Å². The van der Waals surface area contributed by atoms with Crippen LogP contribution in [0.3, 0.4) is 0 Å². The first kappa shape index (κ1) is 15.7. The van der Waals surface area contributed by atoms with Gasteiger partial charge in [0.25, 0.3) is 0 Å². The summed E-state index contributed by atoms with van der Waals surface area (Å²) in [4.78, 5) is 25.6. The van der Waals surface area contributed by atoms with Gasteiger partial charge >= 0.3 is 36.2 Å². The maximum absolute atomic E-state index is 8.55. The number of rotatable bonds is 0. The molecule has 0 aromatic rings. The number of hydrogen-bond donors (Lipinski definition) is 0. The molecule has 7 heavy (non-hydrogen) atoms. The number of hydrogen-bond acceptors (Lipinski definition) is 4. The van der Waals surface area contributed by atoms with Gasteiger partial charge in [0.05, 0.1) is 0 Å². The fraction of sp³-hybridized carbons (Fsp3) is 0. The second-order valence-corrected chi connectivity index (χ2v) is 1.34. The Balaban J connectivity index is -0.0000000800. The molecule has 0 aliphatic heterocycles. The van der Waals surface area contributed by atoms with E-state index in [4.69, 9.17) is 19.2 Å². The van der Waals surface area contributed by atoms with Gasteiger partial charge in [0.2, 0.25) is 0 Å². The Bertz CT molecular complexity index is 57.8. The van der Waals surface area contributed by atoms with Crippen molar-refractivity contribution >= 4 is 25.2 Å². The Labute approximate surface area is 63.5 Å². The molecule has 0 radical (unpaired) electrons. The standard InChI is InChI=1S/Al.Li.H3O4P/c;;1-5(2,3)4/h;;(H3,1,2,3,4)/q+3;+1;/p-3. The molecule has 0 aliphatic rings. The minimum absolute atomic E-state index is 0. The third-order valence-corrected chi connectivity index (χ3v) is 0. The molecule has 0 amide bonds. The van der Waals surface area contributed by atoms with Crippen molar-refractivity contribution in [1.82, 2.24) is 0 Å². The average Bonchev–Trinajstić information content (AvgIpc) is 0.722. The molecule has 32 valence electrons. The summed E-state index contributed by atoms with van der Waals surface area (Å²) in [5.74, 6) is 0. The minimum Gasteiger partial charge on any atom is -0.822 e. The summed E-state index contributed by atoms with van der Waals surface area (Å²) in [6.45, 7) is 0. The van der Waals surface area contributed by atoms with Crippen molar-refractivity contribution < 1.29 is 38.1 Å². The third kappa shape index (κ3) is 129. The van der Waals surface area contributed by atoms with Crippen LogP contribution in [0.25, 0.3) is 0 Å². The molecule has 0 bridgehead atoms. The zero-order valence-electron chi connectivity index (χ0n) is 3.66. The van der Waals surface area contributed by atoms with Crippen LogP contribution in [0, 0.1) is 0 Å². The first-order chi connectivity index (χ1) is 2.00. The Hall–Kier alpha value is 1.24. The van der Waals surface area contributed by atoms with Crippen LogP contribution in [0.2, 0.25) is 0 Å². The van der Waals surface area contributed by atoms with E-state index in [9.17, 15) is 0 Å². The first-order valence-electron chi connectivity index (χ1n) is 0.730. The molecular weight excluding hydrogens is 129 g/mol. The predicted octanol–water partition coefficient (Wildman–Crippen LogP) is -6.20. The third-order valence-electron chi connectivity index (χ3n) is 0. The summed E-state index contributed by atoms with van der Waals surface area (Å²) in [6.07, 6.45) is 0. The van der Waals surface area contributed by atoms with Crippen molar-refractivity contribution in [2.24, 2.45) is 0 Å². The van der Waals surface area contributed by atoms with E-state index in [1.165, 1.54) is 0 Å². The second kappa shape index (κ2) is 5.38. The summed E-state index contributed by atoms with van der Waals surface area (Å²) >= 11 is 0. The molecule has 0 fully saturated rings. The average molecular weight is 129 g/mol. The first-order valence-corrected chi connectivity index (χ1v) is 2.19. The van der Waals surface area contributed by atoms with Gasteiger partial charge < -0.3 is 19.2 Å². The zero-order valence-corrected chi connectivity index (χ0v) is 5.71. The van der Waals surface area contributed by atoms with Gasteiger partial charge in [-0.25, -0.2) is 0 Å². The maximum atomic E-state index is 8.55. The summed E-state index contributed by atoms with van der Waals surface area (Å²) < 4.78 is 8.55. The van der Waals surface area contributed by atoms with Crippen LogP contribution in [0.4, 0.5) is 0 Å². The van der Waals surface area contributed by atoms with Gasteiger partial charge in [-0.15, -0.1) is 0 Å². The van der Waals surface area contributed by atoms with Crippen molar-refractivity contribution in [2.75, 3.05) is 0 Å². The summed E-state index contributed by atoms with van der Waals surface area (Å²) in [7, 11) is -5.39. The quantitative estimate of drug-likeness (QED) is 0.240. The van der Waals surface area contributed by atoms with Gasteiger partial charge in [0, 0.05) is 0 Å². The van der Waals surface area contributed by atoms with E-state index in [1.807, 2.05) is 0 Å². The minimum atomic E-state index is -5.39. The molecule has 0 N–H and O–H groups in total. The van der Waals surface area contributed by atoms with E-state index in [2.05, 4.69) is 0 Å². The van der Waals surface area contributed by atoms with E-state index < -0.39 is 7.82 Å². The van der Waals surface area contributed by atoms with Gasteiger partial charge in [0.1, 0.15) is 0 Å². The van der Waals surface area contributed by atoms with Crippen molar-refractivity contribution in [2.45, 2.75) is 0 Å². The van der Waals surface area contributed by atoms with Gasteiger partial charge in [-0.1, -0.05) is 0 Å². The van der Waals surface area contributed by atoms with Crippen molar-refractivity contribution in [3.05, 3.63) is 0 Å². The predicted molar refractivity (Wildman–Crippen MR) is 13.4 cm³/mol. The summed E-state index contributed by atoms with van der Waals surface area (Å²) in [5, 5.41) is 0. The largest absolute Gasteiger partial charge is 3.00 e. The van der Waals surface area contributed by atoms with Gasteiger partial charge in [-0.2, -0.15) is 7.82 Å². The van der Waals surface area contributed by atoms with E-state index in [1.54, 1.807) is 0 Å². The molecule has 0 spiro atoms. The zero-order chi connectivity index (χ0) is 4.50. The van der Waals surface area contributed by atoms with Crippen molar-refractivity contribution in [1.29, 1.82) is 0 Å². The molecule has 4 nitrogen and oxygen atoms in total. The van der Waals surface area contributed by atoms with E-state index in [0.717, 1.165) is 0 Å². The second-order valence-electron chi connectivity index (χ2n) is 0.447. The fourth-order valence-corrected chi connectivity index (χ4v) is 0. The summed E-state index contributed by atoms with van der Waals surface area (Å²) in [6, 6.07) is 0. The smallest absolute Gasteiger partial charge is 0.822 e. The van der Waals surface area contributed by atoms with E-state index >= 15 is 0 Å². The van der Waals surface area contributed by atoms with Crippen molar-refractivity contribution in [3.8, 4) is 0 Å².